The molecule has 2 aromatic heterocycles. The van der Waals surface area contributed by atoms with Crippen LogP contribution in [0.1, 0.15) is 0 Å². The summed E-state index contributed by atoms with van der Waals surface area (Å²) < 4.78 is 15.6. The van der Waals surface area contributed by atoms with Crippen LogP contribution in [0.3, 0.4) is 0 Å². The lowest BCUT2D eigenvalue weighted by Gasteiger charge is -2.02. The molecule has 0 saturated heterocycles. The fourth-order valence-electron chi connectivity index (χ4n) is 1.85. The molecule has 94 valence electrons. The molecule has 0 bridgehead atoms. The molecule has 6 nitrogen and oxygen atoms in total. The maximum Gasteiger partial charge on any atom is 0.272 e. The number of rotatable bonds is 2. The topological polar surface area (TPSA) is 73.3 Å². The van der Waals surface area contributed by atoms with Crippen LogP contribution in [-0.2, 0) is 0 Å². The van der Waals surface area contributed by atoms with Crippen molar-refractivity contribution in [2.75, 3.05) is 0 Å². The number of hydrogen-bond donors (Lipinski definition) is 0. The highest BCUT2D eigenvalue weighted by molar-refractivity contribution is 5.63. The fourth-order valence-corrected chi connectivity index (χ4v) is 1.85. The van der Waals surface area contributed by atoms with E-state index in [0.29, 0.717) is 5.82 Å². The summed E-state index contributed by atoms with van der Waals surface area (Å²) >= 11 is 0. The van der Waals surface area contributed by atoms with Gasteiger partial charge in [0, 0.05) is 18.5 Å². The Kier molecular flexibility index (Phi) is 2.45. The van der Waals surface area contributed by atoms with Crippen molar-refractivity contribution in [2.45, 2.75) is 0 Å². The largest absolute Gasteiger partial charge is 0.297 e. The average molecular weight is 258 g/mol. The molecule has 0 fully saturated rings. The molecule has 0 aliphatic heterocycles. The van der Waals surface area contributed by atoms with E-state index in [1.54, 1.807) is 29.2 Å². The van der Waals surface area contributed by atoms with Gasteiger partial charge in [0.2, 0.25) is 0 Å². The second-order valence-corrected chi connectivity index (χ2v) is 3.87. The van der Waals surface area contributed by atoms with Gasteiger partial charge in [-0.2, -0.15) is 0 Å². The van der Waals surface area contributed by atoms with Gasteiger partial charge >= 0.3 is 0 Å². The van der Waals surface area contributed by atoms with Crippen LogP contribution in [0.25, 0.3) is 16.9 Å². The number of imidazole rings is 1. The van der Waals surface area contributed by atoms with Crippen LogP contribution in [0.2, 0.25) is 0 Å². The Morgan fingerprint density at radius 3 is 2.89 bits per heavy atom. The summed E-state index contributed by atoms with van der Waals surface area (Å²) in [5, 5.41) is 10.6. The van der Waals surface area contributed by atoms with Gasteiger partial charge in [0.15, 0.2) is 0 Å². The Labute approximate surface area is 106 Å². The maximum absolute atomic E-state index is 13.9. The van der Waals surface area contributed by atoms with Crippen molar-refractivity contribution >= 4 is 11.2 Å². The lowest BCUT2D eigenvalue weighted by molar-refractivity contribution is -0.385. The lowest BCUT2D eigenvalue weighted by atomic mass is 10.2. The minimum Gasteiger partial charge on any atom is -0.297 e. The van der Waals surface area contributed by atoms with Gasteiger partial charge in [0.25, 0.3) is 5.69 Å². The predicted octanol–water partition coefficient (Wildman–Crippen LogP) is 2.44. The SMILES string of the molecule is O=[N+]([O-])c1ccc(-c2ncc3cnccn23)c(F)c1. The summed E-state index contributed by atoms with van der Waals surface area (Å²) in [5.41, 5.74) is 0.635. The molecule has 0 spiro atoms. The molecule has 0 unspecified atom stereocenters. The van der Waals surface area contributed by atoms with E-state index in [0.717, 1.165) is 11.6 Å². The fraction of sp³-hybridized carbons (Fsp3) is 0. The quantitative estimate of drug-likeness (QED) is 0.522. The molecule has 0 N–H and O–H groups in total. The van der Waals surface area contributed by atoms with Crippen molar-refractivity contribution in [3.05, 3.63) is 58.9 Å². The Morgan fingerprint density at radius 2 is 2.16 bits per heavy atom. The summed E-state index contributed by atoms with van der Waals surface area (Å²) in [6.45, 7) is 0. The number of nitro groups is 1. The number of nitro benzene ring substituents is 1. The van der Waals surface area contributed by atoms with Crippen molar-refractivity contribution in [1.82, 2.24) is 14.4 Å². The summed E-state index contributed by atoms with van der Waals surface area (Å²) in [7, 11) is 0. The smallest absolute Gasteiger partial charge is 0.272 e. The average Bonchev–Trinajstić information content (AvgIpc) is 2.82. The molecule has 0 atom stereocenters. The van der Waals surface area contributed by atoms with Crippen molar-refractivity contribution < 1.29 is 9.31 Å². The zero-order valence-corrected chi connectivity index (χ0v) is 9.52. The van der Waals surface area contributed by atoms with Gasteiger partial charge in [-0.15, -0.1) is 0 Å². The van der Waals surface area contributed by atoms with Crippen molar-refractivity contribution in [2.24, 2.45) is 0 Å². The molecule has 0 saturated carbocycles. The first-order valence-electron chi connectivity index (χ1n) is 5.38. The van der Waals surface area contributed by atoms with Crippen molar-refractivity contribution in [3.63, 3.8) is 0 Å². The minimum atomic E-state index is -0.682. The second kappa shape index (κ2) is 4.13. The van der Waals surface area contributed by atoms with E-state index >= 15 is 0 Å². The van der Waals surface area contributed by atoms with E-state index < -0.39 is 10.7 Å². The van der Waals surface area contributed by atoms with Gasteiger partial charge in [0.05, 0.1) is 34.5 Å². The Hall–Kier alpha value is -2.83. The Morgan fingerprint density at radius 1 is 1.32 bits per heavy atom. The standard InChI is InChI=1S/C12H7FN4O2/c13-11-5-8(17(18)19)1-2-10(11)12-15-7-9-6-14-3-4-16(9)12/h1-7H. The van der Waals surface area contributed by atoms with Gasteiger partial charge < -0.3 is 0 Å². The number of hydrogen-bond acceptors (Lipinski definition) is 4. The summed E-state index contributed by atoms with van der Waals surface area (Å²) in [6, 6.07) is 3.49. The molecular formula is C12H7FN4O2. The van der Waals surface area contributed by atoms with Gasteiger partial charge in [-0.25, -0.2) is 9.37 Å². The second-order valence-electron chi connectivity index (χ2n) is 3.87. The first-order valence-corrected chi connectivity index (χ1v) is 5.38. The maximum atomic E-state index is 13.9. The normalized spacial score (nSPS) is 10.8. The number of non-ortho nitro benzene ring substituents is 1. The molecule has 0 aliphatic carbocycles. The van der Waals surface area contributed by atoms with Gasteiger partial charge in [-0.1, -0.05) is 0 Å². The third kappa shape index (κ3) is 1.81. The highest BCUT2D eigenvalue weighted by atomic mass is 19.1. The highest BCUT2D eigenvalue weighted by Gasteiger charge is 2.15. The Balaban J connectivity index is 2.19. The van der Waals surface area contributed by atoms with E-state index in [2.05, 4.69) is 9.97 Å². The molecule has 0 aliphatic rings. The van der Waals surface area contributed by atoms with Crippen LogP contribution >= 0.6 is 0 Å². The summed E-state index contributed by atoms with van der Waals surface area (Å²) in [6.07, 6.45) is 6.36. The molecule has 2 heterocycles. The summed E-state index contributed by atoms with van der Waals surface area (Å²) in [4.78, 5) is 18.0. The number of aromatic nitrogens is 3. The van der Waals surface area contributed by atoms with E-state index in [1.807, 2.05) is 0 Å². The monoisotopic (exact) mass is 258 g/mol. The third-order valence-electron chi connectivity index (χ3n) is 2.74. The van der Waals surface area contributed by atoms with E-state index in [1.165, 1.54) is 12.1 Å². The first kappa shape index (κ1) is 11.3. The van der Waals surface area contributed by atoms with Crippen LogP contribution in [0.5, 0.6) is 0 Å². The van der Waals surface area contributed by atoms with E-state index in [4.69, 9.17) is 0 Å². The molecule has 3 rings (SSSR count). The zero-order valence-electron chi connectivity index (χ0n) is 9.52. The molecular weight excluding hydrogens is 251 g/mol. The number of fused-ring (bicyclic) bond motifs is 1. The van der Waals surface area contributed by atoms with Crippen LogP contribution < -0.4 is 0 Å². The highest BCUT2D eigenvalue weighted by Crippen LogP contribution is 2.25. The van der Waals surface area contributed by atoms with Crippen LogP contribution in [-0.4, -0.2) is 19.3 Å². The summed E-state index contributed by atoms with van der Waals surface area (Å²) in [5.74, 6) is -0.302. The zero-order chi connectivity index (χ0) is 13.4. The Bertz CT molecular complexity index is 784. The van der Waals surface area contributed by atoms with Crippen molar-refractivity contribution in [3.8, 4) is 11.4 Å². The molecule has 19 heavy (non-hydrogen) atoms. The van der Waals surface area contributed by atoms with Gasteiger partial charge in [0.1, 0.15) is 11.6 Å². The van der Waals surface area contributed by atoms with Crippen molar-refractivity contribution in [1.29, 1.82) is 0 Å². The van der Waals surface area contributed by atoms with Crippen LogP contribution in [0.15, 0.2) is 43.0 Å². The lowest BCUT2D eigenvalue weighted by Crippen LogP contribution is -1.95. The van der Waals surface area contributed by atoms with Crippen LogP contribution in [0, 0.1) is 15.9 Å². The number of benzene rings is 1. The molecule has 0 amide bonds. The number of nitrogens with zero attached hydrogens (tertiary/aromatic N) is 4. The van der Waals surface area contributed by atoms with Crippen LogP contribution in [0.4, 0.5) is 10.1 Å². The molecule has 3 aromatic rings. The van der Waals surface area contributed by atoms with Gasteiger partial charge in [-0.05, 0) is 6.07 Å². The predicted molar refractivity (Wildman–Crippen MR) is 65.0 cm³/mol. The third-order valence-corrected chi connectivity index (χ3v) is 2.74. The number of halogens is 1. The van der Waals surface area contributed by atoms with E-state index in [-0.39, 0.29) is 11.3 Å². The molecule has 0 radical (unpaired) electrons. The minimum absolute atomic E-state index is 0.205. The first-order chi connectivity index (χ1) is 9.16. The molecule has 7 heteroatoms. The van der Waals surface area contributed by atoms with Gasteiger partial charge in [-0.3, -0.25) is 19.5 Å². The molecule has 1 aromatic carbocycles. The van der Waals surface area contributed by atoms with E-state index in [9.17, 15) is 14.5 Å².